The molecule has 0 aliphatic heterocycles. The Morgan fingerprint density at radius 1 is 1.40 bits per heavy atom. The van der Waals surface area contributed by atoms with Crippen LogP contribution in [0.1, 0.15) is 9.88 Å². The van der Waals surface area contributed by atoms with Crippen LogP contribution in [-0.4, -0.2) is 15.0 Å². The van der Waals surface area contributed by atoms with E-state index >= 15 is 0 Å². The van der Waals surface area contributed by atoms with E-state index in [9.17, 15) is 0 Å². The topological polar surface area (TPSA) is 76.7 Å². The highest BCUT2D eigenvalue weighted by Crippen LogP contribution is 2.13. The molecule has 78 valence electrons. The third-order valence-corrected chi connectivity index (χ3v) is 2.69. The molecule has 6 heteroatoms. The molecule has 0 fully saturated rings. The van der Waals surface area contributed by atoms with E-state index in [4.69, 9.17) is 5.73 Å². The van der Waals surface area contributed by atoms with Crippen molar-refractivity contribution in [1.29, 1.82) is 0 Å². The van der Waals surface area contributed by atoms with Crippen LogP contribution in [0.4, 0.5) is 11.6 Å². The summed E-state index contributed by atoms with van der Waals surface area (Å²) in [6, 6.07) is 1.69. The third kappa shape index (κ3) is 2.63. The molecule has 0 amide bonds. The van der Waals surface area contributed by atoms with Crippen LogP contribution in [0.3, 0.4) is 0 Å². The largest absolute Gasteiger partial charge is 0.384 e. The second kappa shape index (κ2) is 4.22. The SMILES string of the molecule is Cc1cnc(CNc2cc(N)ncn2)s1. The molecule has 2 heterocycles. The van der Waals surface area contributed by atoms with Crippen molar-refractivity contribution in [3.63, 3.8) is 0 Å². The maximum Gasteiger partial charge on any atom is 0.131 e. The molecule has 0 saturated heterocycles. The first kappa shape index (κ1) is 9.85. The van der Waals surface area contributed by atoms with Gasteiger partial charge in [-0.3, -0.25) is 0 Å². The number of hydrogen-bond donors (Lipinski definition) is 2. The van der Waals surface area contributed by atoms with Crippen molar-refractivity contribution in [3.8, 4) is 0 Å². The molecule has 3 N–H and O–H groups in total. The molecule has 15 heavy (non-hydrogen) atoms. The van der Waals surface area contributed by atoms with Gasteiger partial charge in [-0.15, -0.1) is 11.3 Å². The minimum Gasteiger partial charge on any atom is -0.384 e. The Morgan fingerprint density at radius 2 is 2.27 bits per heavy atom. The Bertz CT molecular complexity index is 453. The number of nitrogens with one attached hydrogen (secondary N) is 1. The molecule has 0 bridgehead atoms. The highest BCUT2D eigenvalue weighted by molar-refractivity contribution is 7.11. The first-order chi connectivity index (χ1) is 7.24. The normalized spacial score (nSPS) is 10.2. The minimum absolute atomic E-state index is 0.461. The molecule has 0 unspecified atom stereocenters. The van der Waals surface area contributed by atoms with Gasteiger partial charge in [-0.25, -0.2) is 15.0 Å². The first-order valence-electron chi connectivity index (χ1n) is 4.47. The summed E-state index contributed by atoms with van der Waals surface area (Å²) < 4.78 is 0. The van der Waals surface area contributed by atoms with Gasteiger partial charge in [0.15, 0.2) is 0 Å². The number of hydrogen-bond acceptors (Lipinski definition) is 6. The van der Waals surface area contributed by atoms with Crippen molar-refractivity contribution in [2.45, 2.75) is 13.5 Å². The summed E-state index contributed by atoms with van der Waals surface area (Å²) in [4.78, 5) is 13.3. The predicted octanol–water partition coefficient (Wildman–Crippen LogP) is 1.44. The number of anilines is 2. The smallest absolute Gasteiger partial charge is 0.131 e. The Labute approximate surface area is 91.4 Å². The van der Waals surface area contributed by atoms with Gasteiger partial charge in [-0.05, 0) is 6.92 Å². The molecule has 0 radical (unpaired) electrons. The van der Waals surface area contributed by atoms with Crippen molar-refractivity contribution in [2.24, 2.45) is 0 Å². The van der Waals surface area contributed by atoms with Crippen LogP contribution in [-0.2, 0) is 6.54 Å². The van der Waals surface area contributed by atoms with Crippen LogP contribution in [0.15, 0.2) is 18.6 Å². The Kier molecular flexibility index (Phi) is 2.77. The first-order valence-corrected chi connectivity index (χ1v) is 5.28. The average molecular weight is 221 g/mol. The van der Waals surface area contributed by atoms with E-state index in [-0.39, 0.29) is 0 Å². The number of rotatable bonds is 3. The van der Waals surface area contributed by atoms with E-state index < -0.39 is 0 Å². The zero-order valence-electron chi connectivity index (χ0n) is 8.27. The number of nitrogen functional groups attached to an aromatic ring is 1. The number of aromatic nitrogens is 3. The fourth-order valence-electron chi connectivity index (χ4n) is 1.12. The molecule has 0 aliphatic carbocycles. The highest BCUT2D eigenvalue weighted by Gasteiger charge is 1.99. The molecule has 5 nitrogen and oxygen atoms in total. The molecule has 2 rings (SSSR count). The number of aryl methyl sites for hydroxylation is 1. The zero-order chi connectivity index (χ0) is 10.7. The Balaban J connectivity index is 1.99. The Hall–Kier alpha value is -1.69. The summed E-state index contributed by atoms with van der Waals surface area (Å²) in [5, 5.41) is 4.16. The second-order valence-electron chi connectivity index (χ2n) is 3.05. The van der Waals surface area contributed by atoms with E-state index in [1.807, 2.05) is 13.1 Å². The van der Waals surface area contributed by atoms with E-state index in [1.165, 1.54) is 11.2 Å². The van der Waals surface area contributed by atoms with E-state index in [1.54, 1.807) is 17.4 Å². The number of thiazole rings is 1. The van der Waals surface area contributed by atoms with Gasteiger partial charge in [0.2, 0.25) is 0 Å². The Morgan fingerprint density at radius 3 is 2.93 bits per heavy atom. The van der Waals surface area contributed by atoms with Crippen LogP contribution in [0.2, 0.25) is 0 Å². The van der Waals surface area contributed by atoms with E-state index in [2.05, 4.69) is 20.3 Å². The van der Waals surface area contributed by atoms with E-state index in [0.29, 0.717) is 12.4 Å². The van der Waals surface area contributed by atoms with Crippen LogP contribution >= 0.6 is 11.3 Å². The molecule has 2 aromatic heterocycles. The standard InChI is InChI=1S/C9H11N5S/c1-6-3-12-9(15-6)4-11-8-2-7(10)13-5-14-8/h2-3,5H,4H2,1H3,(H3,10,11,13,14). The van der Waals surface area contributed by atoms with Crippen molar-refractivity contribution < 1.29 is 0 Å². The molecule has 0 spiro atoms. The van der Waals surface area contributed by atoms with Crippen LogP contribution in [0, 0.1) is 6.92 Å². The van der Waals surface area contributed by atoms with Gasteiger partial charge in [0.25, 0.3) is 0 Å². The van der Waals surface area contributed by atoms with Crippen molar-refractivity contribution in [2.75, 3.05) is 11.1 Å². The minimum atomic E-state index is 0.461. The number of nitrogens with two attached hydrogens (primary N) is 1. The quantitative estimate of drug-likeness (QED) is 0.820. The lowest BCUT2D eigenvalue weighted by Gasteiger charge is -2.02. The maximum absolute atomic E-state index is 5.53. The molecule has 0 saturated carbocycles. The molecular formula is C9H11N5S. The summed E-state index contributed by atoms with van der Waals surface area (Å²) in [7, 11) is 0. The average Bonchev–Trinajstić information content (AvgIpc) is 2.62. The lowest BCUT2D eigenvalue weighted by molar-refractivity contribution is 1.06. The molecule has 0 atom stereocenters. The number of nitrogens with zero attached hydrogens (tertiary/aromatic N) is 3. The van der Waals surface area contributed by atoms with Crippen LogP contribution < -0.4 is 11.1 Å². The lowest BCUT2D eigenvalue weighted by Crippen LogP contribution is -2.02. The third-order valence-electron chi connectivity index (χ3n) is 1.78. The predicted molar refractivity (Wildman–Crippen MR) is 60.6 cm³/mol. The highest BCUT2D eigenvalue weighted by atomic mass is 32.1. The maximum atomic E-state index is 5.53. The monoisotopic (exact) mass is 221 g/mol. The summed E-state index contributed by atoms with van der Waals surface area (Å²) in [5.41, 5.74) is 5.53. The fraction of sp³-hybridized carbons (Fsp3) is 0.222. The summed E-state index contributed by atoms with van der Waals surface area (Å²) in [6.07, 6.45) is 3.29. The van der Waals surface area contributed by atoms with Gasteiger partial charge in [-0.2, -0.15) is 0 Å². The lowest BCUT2D eigenvalue weighted by atomic mass is 10.5. The summed E-state index contributed by atoms with van der Waals surface area (Å²) >= 11 is 1.66. The summed E-state index contributed by atoms with van der Waals surface area (Å²) in [5.74, 6) is 1.18. The van der Waals surface area contributed by atoms with Crippen molar-refractivity contribution >= 4 is 23.0 Å². The van der Waals surface area contributed by atoms with Crippen molar-refractivity contribution in [1.82, 2.24) is 15.0 Å². The van der Waals surface area contributed by atoms with Gasteiger partial charge in [0, 0.05) is 17.1 Å². The van der Waals surface area contributed by atoms with Gasteiger partial charge in [-0.1, -0.05) is 0 Å². The molecular weight excluding hydrogens is 210 g/mol. The van der Waals surface area contributed by atoms with Gasteiger partial charge in [0.1, 0.15) is 23.0 Å². The van der Waals surface area contributed by atoms with Gasteiger partial charge in [0.05, 0.1) is 6.54 Å². The molecule has 0 aliphatic rings. The molecule has 2 aromatic rings. The summed E-state index contributed by atoms with van der Waals surface area (Å²) in [6.45, 7) is 2.69. The van der Waals surface area contributed by atoms with Crippen LogP contribution in [0.5, 0.6) is 0 Å². The second-order valence-corrected chi connectivity index (χ2v) is 4.37. The zero-order valence-corrected chi connectivity index (χ0v) is 9.08. The van der Waals surface area contributed by atoms with E-state index in [0.717, 1.165) is 10.8 Å². The molecule has 0 aromatic carbocycles. The fourth-order valence-corrected chi connectivity index (χ4v) is 1.85. The van der Waals surface area contributed by atoms with Gasteiger partial charge < -0.3 is 11.1 Å². The van der Waals surface area contributed by atoms with Crippen LogP contribution in [0.25, 0.3) is 0 Å². The van der Waals surface area contributed by atoms with Gasteiger partial charge >= 0.3 is 0 Å². The van der Waals surface area contributed by atoms with Crippen molar-refractivity contribution in [3.05, 3.63) is 28.5 Å².